The predicted molar refractivity (Wildman–Crippen MR) is 96.1 cm³/mol. The molecule has 2 fully saturated rings. The second-order valence-corrected chi connectivity index (χ2v) is 7.34. The number of rotatable bonds is 3. The van der Waals surface area contributed by atoms with Crippen molar-refractivity contribution in [2.75, 3.05) is 0 Å². The zero-order chi connectivity index (χ0) is 19.0. The number of nitriles is 1. The summed E-state index contributed by atoms with van der Waals surface area (Å²) >= 11 is 0. The number of nitrogens with one attached hydrogen (secondary N) is 3. The molecule has 27 heavy (non-hydrogen) atoms. The lowest BCUT2D eigenvalue weighted by Gasteiger charge is -2.33. The fourth-order valence-corrected chi connectivity index (χ4v) is 4.12. The first-order chi connectivity index (χ1) is 13.0. The van der Waals surface area contributed by atoms with Crippen LogP contribution in [0.3, 0.4) is 0 Å². The van der Waals surface area contributed by atoms with Gasteiger partial charge in [0.15, 0.2) is 0 Å². The third kappa shape index (κ3) is 3.41. The Kier molecular flexibility index (Phi) is 4.59. The van der Waals surface area contributed by atoms with Crippen LogP contribution >= 0.6 is 0 Å². The molecule has 9 nitrogen and oxygen atoms in total. The molecule has 9 heteroatoms. The van der Waals surface area contributed by atoms with Gasteiger partial charge < -0.3 is 5.32 Å². The van der Waals surface area contributed by atoms with Crippen molar-refractivity contribution in [1.82, 2.24) is 36.1 Å². The molecule has 1 saturated carbocycles. The van der Waals surface area contributed by atoms with E-state index < -0.39 is 0 Å². The summed E-state index contributed by atoms with van der Waals surface area (Å²) in [5.41, 5.74) is 9.15. The number of hydrazine groups is 1. The predicted octanol–water partition coefficient (Wildman–Crippen LogP) is 0.506. The van der Waals surface area contributed by atoms with E-state index in [4.69, 9.17) is 5.26 Å². The van der Waals surface area contributed by atoms with Gasteiger partial charge in [-0.3, -0.25) is 14.9 Å². The molecule has 2 aromatic heterocycles. The van der Waals surface area contributed by atoms with Crippen LogP contribution in [0, 0.1) is 24.2 Å². The highest BCUT2D eigenvalue weighted by atomic mass is 16.1. The lowest BCUT2D eigenvalue weighted by molar-refractivity contribution is 0.0909. The number of pyridine rings is 1. The van der Waals surface area contributed by atoms with Crippen molar-refractivity contribution in [3.63, 3.8) is 0 Å². The molecule has 4 rings (SSSR count). The van der Waals surface area contributed by atoms with Gasteiger partial charge in [0.1, 0.15) is 17.5 Å². The van der Waals surface area contributed by atoms with Gasteiger partial charge in [-0.25, -0.2) is 10.4 Å². The minimum atomic E-state index is -0.185. The van der Waals surface area contributed by atoms with Crippen LogP contribution < -0.4 is 16.2 Å². The summed E-state index contributed by atoms with van der Waals surface area (Å²) in [6, 6.07) is 4.25. The van der Waals surface area contributed by atoms with Gasteiger partial charge in [-0.05, 0) is 43.7 Å². The molecule has 4 unspecified atom stereocenters. The fraction of sp³-hybridized carbons (Fsp3) is 0.500. The van der Waals surface area contributed by atoms with E-state index >= 15 is 0 Å². The Morgan fingerprint density at radius 1 is 1.41 bits per heavy atom. The van der Waals surface area contributed by atoms with Gasteiger partial charge >= 0.3 is 0 Å². The Morgan fingerprint density at radius 2 is 2.26 bits per heavy atom. The van der Waals surface area contributed by atoms with E-state index in [1.165, 1.54) is 6.20 Å². The summed E-state index contributed by atoms with van der Waals surface area (Å²) in [5.74, 6) is 0.145. The molecule has 2 aromatic rings. The maximum Gasteiger partial charge on any atom is 0.270 e. The number of hydrogen-bond donors (Lipinski definition) is 3. The molecular weight excluding hydrogens is 344 g/mol. The first-order valence-corrected chi connectivity index (χ1v) is 9.10. The van der Waals surface area contributed by atoms with E-state index in [1.54, 1.807) is 17.7 Å². The number of nitrogens with zero attached hydrogens (tertiary/aromatic N) is 5. The van der Waals surface area contributed by atoms with Crippen molar-refractivity contribution >= 4 is 5.91 Å². The van der Waals surface area contributed by atoms with Crippen molar-refractivity contribution in [2.45, 2.75) is 44.3 Å². The number of carbonyl (C=O) groups is 1. The summed E-state index contributed by atoms with van der Waals surface area (Å²) in [4.78, 5) is 16.8. The van der Waals surface area contributed by atoms with Gasteiger partial charge in [0, 0.05) is 31.5 Å². The summed E-state index contributed by atoms with van der Waals surface area (Å²) in [7, 11) is 1.85. The first kappa shape index (κ1) is 17.6. The van der Waals surface area contributed by atoms with Gasteiger partial charge in [0.2, 0.25) is 0 Å². The highest BCUT2D eigenvalue weighted by Gasteiger charge is 2.42. The Bertz CT molecular complexity index is 901. The van der Waals surface area contributed by atoms with E-state index in [2.05, 4.69) is 31.5 Å². The maximum absolute atomic E-state index is 12.7. The number of aromatic nitrogens is 4. The lowest BCUT2D eigenvalue weighted by atomic mass is 9.78. The van der Waals surface area contributed by atoms with Gasteiger partial charge in [-0.2, -0.15) is 5.26 Å². The van der Waals surface area contributed by atoms with Crippen molar-refractivity contribution in [2.24, 2.45) is 13.0 Å². The van der Waals surface area contributed by atoms with Gasteiger partial charge in [-0.1, -0.05) is 5.21 Å². The quantitative estimate of drug-likeness (QED) is 0.723. The third-order valence-corrected chi connectivity index (χ3v) is 5.45. The van der Waals surface area contributed by atoms with Gasteiger partial charge in [-0.15, -0.1) is 5.10 Å². The van der Waals surface area contributed by atoms with E-state index in [0.29, 0.717) is 28.8 Å². The Morgan fingerprint density at radius 3 is 2.96 bits per heavy atom. The Labute approximate surface area is 157 Å². The summed E-state index contributed by atoms with van der Waals surface area (Å²) in [6.45, 7) is 1.80. The molecule has 4 atom stereocenters. The minimum Gasteiger partial charge on any atom is -0.348 e. The first-order valence-electron chi connectivity index (χ1n) is 9.10. The van der Waals surface area contributed by atoms with Crippen LogP contribution in [0.25, 0.3) is 0 Å². The Hall–Kier alpha value is -2.83. The van der Waals surface area contributed by atoms with Crippen molar-refractivity contribution in [1.29, 1.82) is 5.26 Å². The molecule has 0 spiro atoms. The van der Waals surface area contributed by atoms with Gasteiger partial charge in [0.25, 0.3) is 5.91 Å². The number of fused-ring (bicyclic) bond motifs is 1. The van der Waals surface area contributed by atoms with Crippen LogP contribution in [0.5, 0.6) is 0 Å². The van der Waals surface area contributed by atoms with Crippen LogP contribution in [0.15, 0.2) is 18.5 Å². The number of aryl methyl sites for hydroxylation is 2. The monoisotopic (exact) mass is 366 g/mol. The van der Waals surface area contributed by atoms with Gasteiger partial charge in [0.05, 0.1) is 11.6 Å². The molecule has 1 amide bonds. The molecule has 1 aliphatic heterocycles. The molecule has 2 aliphatic rings. The largest absolute Gasteiger partial charge is 0.348 e. The molecular formula is C18H22N8O. The maximum atomic E-state index is 12.7. The average molecular weight is 366 g/mol. The van der Waals surface area contributed by atoms with Crippen molar-refractivity contribution < 1.29 is 4.79 Å². The summed E-state index contributed by atoms with van der Waals surface area (Å²) < 4.78 is 1.70. The zero-order valence-corrected chi connectivity index (χ0v) is 15.3. The molecule has 1 aliphatic carbocycles. The second kappa shape index (κ2) is 7.06. The second-order valence-electron chi connectivity index (χ2n) is 7.34. The summed E-state index contributed by atoms with van der Waals surface area (Å²) in [5, 5.41) is 20.3. The number of carbonyl (C=O) groups excluding carboxylic acids is 1. The molecule has 140 valence electrons. The third-order valence-electron chi connectivity index (χ3n) is 5.45. The van der Waals surface area contributed by atoms with Crippen LogP contribution in [0.1, 0.15) is 52.6 Å². The smallest absolute Gasteiger partial charge is 0.270 e. The van der Waals surface area contributed by atoms with E-state index in [-0.39, 0.29) is 18.0 Å². The topological polar surface area (TPSA) is 121 Å². The van der Waals surface area contributed by atoms with E-state index in [9.17, 15) is 4.79 Å². The molecule has 0 radical (unpaired) electrons. The van der Waals surface area contributed by atoms with Crippen molar-refractivity contribution in [3.05, 3.63) is 41.0 Å². The highest BCUT2D eigenvalue weighted by Crippen LogP contribution is 2.37. The van der Waals surface area contributed by atoms with Crippen LogP contribution in [0.4, 0.5) is 0 Å². The average Bonchev–Trinajstić information content (AvgIpc) is 3.27. The minimum absolute atomic E-state index is 0.0801. The molecule has 1 saturated heterocycles. The molecule has 0 aromatic carbocycles. The van der Waals surface area contributed by atoms with Crippen LogP contribution in [0.2, 0.25) is 0 Å². The summed E-state index contributed by atoms with van der Waals surface area (Å²) in [6.07, 6.45) is 6.10. The lowest BCUT2D eigenvalue weighted by Crippen LogP contribution is -2.44. The normalized spacial score (nSPS) is 27.0. The molecule has 0 bridgehead atoms. The highest BCUT2D eigenvalue weighted by molar-refractivity contribution is 5.93. The Balaban J connectivity index is 1.45. The SMILES string of the molecule is Cc1cc(C#N)cnc1C(=O)NC1CCC2NNC(c3cn(C)nn3)C2C1. The van der Waals surface area contributed by atoms with Crippen molar-refractivity contribution in [3.8, 4) is 6.07 Å². The number of amides is 1. The standard InChI is InChI=1S/C18H22N8O/c1-10-5-11(7-19)8-20-16(10)18(27)21-12-3-4-14-13(6-12)17(24-22-14)15-9-26(2)25-23-15/h5,8-9,12-14,17,22,24H,3-4,6H2,1-2H3,(H,21,27). The molecule has 3 heterocycles. The fourth-order valence-electron chi connectivity index (χ4n) is 4.12. The molecule has 3 N–H and O–H groups in total. The van der Waals surface area contributed by atoms with Crippen LogP contribution in [-0.4, -0.2) is 38.0 Å². The zero-order valence-electron chi connectivity index (χ0n) is 15.3. The number of hydrogen-bond acceptors (Lipinski definition) is 7. The van der Waals surface area contributed by atoms with Crippen LogP contribution in [-0.2, 0) is 7.05 Å². The van der Waals surface area contributed by atoms with E-state index in [0.717, 1.165) is 25.0 Å². The van der Waals surface area contributed by atoms with E-state index in [1.807, 2.05) is 19.3 Å².